The minimum atomic E-state index is -0.841. The second-order valence-corrected chi connectivity index (χ2v) is 5.45. The van der Waals surface area contributed by atoms with Gasteiger partial charge in [0.25, 0.3) is 0 Å². The Balaban J connectivity index is 1.94. The van der Waals surface area contributed by atoms with E-state index in [1.54, 1.807) is 24.3 Å². The van der Waals surface area contributed by atoms with Crippen LogP contribution in [0, 0.1) is 17.6 Å². The maximum atomic E-state index is 14.0. The van der Waals surface area contributed by atoms with Crippen LogP contribution in [0.2, 0.25) is 0 Å². The first kappa shape index (κ1) is 14.7. The van der Waals surface area contributed by atoms with Crippen LogP contribution in [0.5, 0.6) is 0 Å². The number of halogens is 2. The highest BCUT2D eigenvalue weighted by molar-refractivity contribution is 5.71. The van der Waals surface area contributed by atoms with Gasteiger partial charge in [0.1, 0.15) is 11.6 Å². The van der Waals surface area contributed by atoms with Crippen LogP contribution in [0.15, 0.2) is 42.5 Å². The van der Waals surface area contributed by atoms with Crippen molar-refractivity contribution < 1.29 is 18.7 Å². The van der Waals surface area contributed by atoms with Gasteiger partial charge in [0.2, 0.25) is 0 Å². The summed E-state index contributed by atoms with van der Waals surface area (Å²) < 4.78 is 27.9. The largest absolute Gasteiger partial charge is 0.481 e. The standard InChI is InChI=1S/C17H15F2NO2/c18-14-4-2-1-3-12(14)13-7-10(5-6-15(13)19)16-8-11(9-20-16)17(21)22/h1-7,11,16,20H,8-9H2,(H,21,22). The van der Waals surface area contributed by atoms with Crippen molar-refractivity contribution in [2.75, 3.05) is 6.54 Å². The number of aliphatic carboxylic acids is 1. The summed E-state index contributed by atoms with van der Waals surface area (Å²) in [6.07, 6.45) is 0.442. The SMILES string of the molecule is O=C(O)C1CNC(c2ccc(F)c(-c3ccccc3F)c2)C1. The fourth-order valence-corrected chi connectivity index (χ4v) is 2.82. The average Bonchev–Trinajstić information content (AvgIpc) is 2.99. The molecule has 1 aliphatic rings. The second-order valence-electron chi connectivity index (χ2n) is 5.45. The molecule has 22 heavy (non-hydrogen) atoms. The Labute approximate surface area is 126 Å². The van der Waals surface area contributed by atoms with Crippen molar-refractivity contribution >= 4 is 5.97 Å². The van der Waals surface area contributed by atoms with Gasteiger partial charge in [-0.2, -0.15) is 0 Å². The minimum Gasteiger partial charge on any atom is -0.481 e. The third-order valence-corrected chi connectivity index (χ3v) is 4.04. The monoisotopic (exact) mass is 303 g/mol. The molecular weight excluding hydrogens is 288 g/mol. The van der Waals surface area contributed by atoms with Crippen LogP contribution in [-0.4, -0.2) is 17.6 Å². The van der Waals surface area contributed by atoms with E-state index in [0.29, 0.717) is 13.0 Å². The fraction of sp³-hybridized carbons (Fsp3) is 0.235. The smallest absolute Gasteiger partial charge is 0.307 e. The molecule has 114 valence electrons. The molecule has 1 aliphatic heterocycles. The highest BCUT2D eigenvalue weighted by Gasteiger charge is 2.30. The number of carboxylic acid groups (broad SMARTS) is 1. The number of rotatable bonds is 3. The van der Waals surface area contributed by atoms with Gasteiger partial charge in [0.05, 0.1) is 5.92 Å². The Hall–Kier alpha value is -2.27. The third-order valence-electron chi connectivity index (χ3n) is 4.04. The zero-order chi connectivity index (χ0) is 15.7. The summed E-state index contributed by atoms with van der Waals surface area (Å²) in [6, 6.07) is 10.4. The molecule has 2 N–H and O–H groups in total. The summed E-state index contributed by atoms with van der Waals surface area (Å²) in [7, 11) is 0. The number of nitrogens with one attached hydrogen (secondary N) is 1. The van der Waals surface area contributed by atoms with E-state index in [2.05, 4.69) is 5.32 Å². The Morgan fingerprint density at radius 1 is 1.09 bits per heavy atom. The predicted molar refractivity (Wildman–Crippen MR) is 78.3 cm³/mol. The molecule has 1 saturated heterocycles. The van der Waals surface area contributed by atoms with Crippen LogP contribution < -0.4 is 5.32 Å². The van der Waals surface area contributed by atoms with E-state index in [1.165, 1.54) is 18.2 Å². The maximum Gasteiger partial charge on any atom is 0.307 e. The van der Waals surface area contributed by atoms with E-state index < -0.39 is 23.5 Å². The van der Waals surface area contributed by atoms with Gasteiger partial charge in [0, 0.05) is 23.7 Å². The third kappa shape index (κ3) is 2.72. The van der Waals surface area contributed by atoms with Gasteiger partial charge < -0.3 is 10.4 Å². The lowest BCUT2D eigenvalue weighted by Gasteiger charge is -2.13. The van der Waals surface area contributed by atoms with Gasteiger partial charge in [-0.1, -0.05) is 24.3 Å². The molecule has 2 aromatic rings. The molecule has 1 fully saturated rings. The molecule has 1 heterocycles. The van der Waals surface area contributed by atoms with E-state index in [-0.39, 0.29) is 17.2 Å². The summed E-state index contributed by atoms with van der Waals surface area (Å²) in [4.78, 5) is 11.0. The van der Waals surface area contributed by atoms with Crippen LogP contribution in [0.3, 0.4) is 0 Å². The van der Waals surface area contributed by atoms with Gasteiger partial charge in [-0.3, -0.25) is 4.79 Å². The van der Waals surface area contributed by atoms with Crippen molar-refractivity contribution in [1.82, 2.24) is 5.32 Å². The van der Waals surface area contributed by atoms with E-state index in [0.717, 1.165) is 5.56 Å². The van der Waals surface area contributed by atoms with Crippen molar-refractivity contribution in [1.29, 1.82) is 0 Å². The highest BCUT2D eigenvalue weighted by Crippen LogP contribution is 2.32. The predicted octanol–water partition coefficient (Wildman–Crippen LogP) is 3.37. The Morgan fingerprint density at radius 2 is 1.82 bits per heavy atom. The summed E-state index contributed by atoms with van der Waals surface area (Å²) in [5.41, 5.74) is 1.16. The second kappa shape index (κ2) is 5.85. The molecule has 0 radical (unpaired) electrons. The van der Waals surface area contributed by atoms with Crippen molar-refractivity contribution in [3.8, 4) is 11.1 Å². The first-order valence-electron chi connectivity index (χ1n) is 7.07. The lowest BCUT2D eigenvalue weighted by atomic mass is 9.96. The molecule has 0 bridgehead atoms. The van der Waals surface area contributed by atoms with Crippen LogP contribution in [0.25, 0.3) is 11.1 Å². The molecule has 0 spiro atoms. The van der Waals surface area contributed by atoms with Crippen LogP contribution in [0.1, 0.15) is 18.0 Å². The summed E-state index contributed by atoms with van der Waals surface area (Å²) in [5.74, 6) is -2.28. The van der Waals surface area contributed by atoms with Crippen LogP contribution in [-0.2, 0) is 4.79 Å². The minimum absolute atomic E-state index is 0.160. The molecule has 3 rings (SSSR count). The van der Waals surface area contributed by atoms with E-state index in [1.807, 2.05) is 0 Å². The van der Waals surface area contributed by atoms with Crippen molar-refractivity contribution in [2.24, 2.45) is 5.92 Å². The highest BCUT2D eigenvalue weighted by atomic mass is 19.1. The number of hydrogen-bond donors (Lipinski definition) is 2. The summed E-state index contributed by atoms with van der Waals surface area (Å²) >= 11 is 0. The quantitative estimate of drug-likeness (QED) is 0.914. The Morgan fingerprint density at radius 3 is 2.50 bits per heavy atom. The fourth-order valence-electron chi connectivity index (χ4n) is 2.82. The van der Waals surface area contributed by atoms with Gasteiger partial charge >= 0.3 is 5.97 Å². The number of benzene rings is 2. The van der Waals surface area contributed by atoms with Crippen LogP contribution in [0.4, 0.5) is 8.78 Å². The molecule has 0 aromatic heterocycles. The number of hydrogen-bond acceptors (Lipinski definition) is 2. The van der Waals surface area contributed by atoms with Crippen molar-refractivity contribution in [2.45, 2.75) is 12.5 Å². The van der Waals surface area contributed by atoms with Gasteiger partial charge in [-0.05, 0) is 30.2 Å². The molecular formula is C17H15F2NO2. The maximum absolute atomic E-state index is 14.0. The van der Waals surface area contributed by atoms with E-state index in [4.69, 9.17) is 5.11 Å². The summed E-state index contributed by atoms with van der Waals surface area (Å²) in [6.45, 7) is 0.381. The van der Waals surface area contributed by atoms with Crippen LogP contribution >= 0.6 is 0 Å². The molecule has 2 unspecified atom stereocenters. The van der Waals surface area contributed by atoms with E-state index >= 15 is 0 Å². The molecule has 5 heteroatoms. The van der Waals surface area contributed by atoms with Crippen molar-refractivity contribution in [3.05, 3.63) is 59.7 Å². The Bertz CT molecular complexity index is 718. The van der Waals surface area contributed by atoms with Crippen molar-refractivity contribution in [3.63, 3.8) is 0 Å². The van der Waals surface area contributed by atoms with Gasteiger partial charge in [0.15, 0.2) is 0 Å². The molecule has 0 aliphatic carbocycles. The number of carbonyl (C=O) groups is 1. The Kier molecular flexibility index (Phi) is 3.90. The lowest BCUT2D eigenvalue weighted by Crippen LogP contribution is -2.17. The first-order valence-corrected chi connectivity index (χ1v) is 7.07. The molecule has 0 saturated carbocycles. The zero-order valence-electron chi connectivity index (χ0n) is 11.7. The van der Waals surface area contributed by atoms with Gasteiger partial charge in [-0.25, -0.2) is 8.78 Å². The lowest BCUT2D eigenvalue weighted by molar-refractivity contribution is -0.141. The molecule has 0 amide bonds. The molecule has 2 atom stereocenters. The molecule has 2 aromatic carbocycles. The van der Waals surface area contributed by atoms with Gasteiger partial charge in [-0.15, -0.1) is 0 Å². The average molecular weight is 303 g/mol. The number of carboxylic acids is 1. The van der Waals surface area contributed by atoms with E-state index in [9.17, 15) is 13.6 Å². The topological polar surface area (TPSA) is 49.3 Å². The summed E-state index contributed by atoms with van der Waals surface area (Å²) in [5, 5.41) is 12.2. The molecule has 3 nitrogen and oxygen atoms in total. The normalized spacial score (nSPS) is 21.0. The zero-order valence-corrected chi connectivity index (χ0v) is 11.7. The first-order chi connectivity index (χ1) is 10.6.